The zero-order valence-electron chi connectivity index (χ0n) is 42.2. The summed E-state index contributed by atoms with van der Waals surface area (Å²) < 4.78 is 56.7. The standard InChI is InChI=1S/C37H48F3N6O3P.C17H15ClN4S/c1-27(47)41-19-13-28-14-22-45(23-15-28)36(48)25-44-20-16-30(17-21-44)43-34-7-4-8-35-33(34)24-31(46(35)26-37(38,39)40)6-5-18-42-29-9-11-32(12-10-29)50(2,3)49;1-9-10(2)23-17-15(9)16(12-4-6-13(18)7-5-12)19-8-14-21-20-11(3)22(14)17/h4,7-12,24,28,30,42-43H,13-23,25-26H2,1-3H3,(H,41,47);4-7H,8H2,1-3H3. The number of aliphatic imine (C=N–C) groups is 1. The molecule has 0 saturated carbocycles. The van der Waals surface area contributed by atoms with Crippen molar-refractivity contribution in [1.29, 1.82) is 0 Å². The second-order valence-corrected chi connectivity index (χ2v) is 24.3. The number of aryl methyl sites for hydroxylation is 2. The van der Waals surface area contributed by atoms with Crippen molar-refractivity contribution < 1.29 is 27.3 Å². The minimum Gasteiger partial charge on any atom is -0.382 e. The number of nitrogens with one attached hydrogen (secondary N) is 3. The van der Waals surface area contributed by atoms with E-state index >= 15 is 0 Å². The molecule has 19 heteroatoms. The number of benzene rings is 3. The van der Waals surface area contributed by atoms with Crippen molar-refractivity contribution in [3.8, 4) is 16.8 Å². The maximum Gasteiger partial charge on any atom is 0.406 e. The number of thiophene rings is 1. The summed E-state index contributed by atoms with van der Waals surface area (Å²) in [7, 11) is -2.36. The molecule has 2 fully saturated rings. The van der Waals surface area contributed by atoms with Gasteiger partial charge in [-0.1, -0.05) is 35.7 Å². The summed E-state index contributed by atoms with van der Waals surface area (Å²) in [5.74, 6) is 8.36. The topological polar surface area (TPSA) is 142 Å². The Morgan fingerprint density at radius 3 is 2.32 bits per heavy atom. The molecule has 0 atom stereocenters. The molecule has 13 nitrogen and oxygen atoms in total. The molecule has 6 aromatic rings. The number of alkyl halides is 3. The van der Waals surface area contributed by atoms with E-state index in [1.807, 2.05) is 54.3 Å². The van der Waals surface area contributed by atoms with E-state index in [0.29, 0.717) is 36.5 Å². The smallest absolute Gasteiger partial charge is 0.382 e. The lowest BCUT2D eigenvalue weighted by molar-refractivity contribution is -0.140. The van der Waals surface area contributed by atoms with Gasteiger partial charge in [0.25, 0.3) is 0 Å². The van der Waals surface area contributed by atoms with Crippen molar-refractivity contribution in [2.24, 2.45) is 10.9 Å². The highest BCUT2D eigenvalue weighted by Crippen LogP contribution is 2.37. The summed E-state index contributed by atoms with van der Waals surface area (Å²) in [6.45, 7) is 14.9. The third-order valence-electron chi connectivity index (χ3n) is 13.8. The molecule has 3 aromatic carbocycles. The van der Waals surface area contributed by atoms with E-state index in [-0.39, 0.29) is 30.1 Å². The molecule has 386 valence electrons. The van der Waals surface area contributed by atoms with Crippen LogP contribution in [0.2, 0.25) is 5.02 Å². The fourth-order valence-corrected chi connectivity index (χ4v) is 11.9. The van der Waals surface area contributed by atoms with Gasteiger partial charge in [-0.25, -0.2) is 0 Å². The van der Waals surface area contributed by atoms with E-state index in [4.69, 9.17) is 16.6 Å². The Morgan fingerprint density at radius 1 is 0.932 bits per heavy atom. The Morgan fingerprint density at radius 2 is 1.64 bits per heavy atom. The van der Waals surface area contributed by atoms with Gasteiger partial charge in [0.2, 0.25) is 11.8 Å². The van der Waals surface area contributed by atoms with Crippen LogP contribution in [0.5, 0.6) is 0 Å². The van der Waals surface area contributed by atoms with Crippen LogP contribution in [0.4, 0.5) is 24.5 Å². The van der Waals surface area contributed by atoms with Crippen molar-refractivity contribution in [1.82, 2.24) is 34.4 Å². The first-order valence-corrected chi connectivity index (χ1v) is 28.5. The average Bonchev–Trinajstić information content (AvgIpc) is 3.95. The van der Waals surface area contributed by atoms with Crippen molar-refractivity contribution in [2.45, 2.75) is 85.1 Å². The van der Waals surface area contributed by atoms with Gasteiger partial charge in [0.1, 0.15) is 31.1 Å². The minimum atomic E-state index is -4.42. The molecule has 2 amide bonds. The number of halogens is 4. The molecule has 3 aliphatic heterocycles. The van der Waals surface area contributed by atoms with E-state index in [1.165, 1.54) is 27.5 Å². The third kappa shape index (κ3) is 13.4. The van der Waals surface area contributed by atoms with Crippen molar-refractivity contribution >= 4 is 75.2 Å². The Balaban J connectivity index is 0.000000255. The third-order valence-corrected chi connectivity index (χ3v) is 16.8. The molecule has 3 aromatic heterocycles. The monoisotopic (exact) mass is 1050 g/mol. The van der Waals surface area contributed by atoms with Gasteiger partial charge in [-0.05, 0) is 138 Å². The van der Waals surface area contributed by atoms with Crippen LogP contribution in [0.1, 0.15) is 77.9 Å². The number of amides is 2. The summed E-state index contributed by atoms with van der Waals surface area (Å²) in [5.41, 5.74) is 6.82. The molecule has 0 aliphatic carbocycles. The summed E-state index contributed by atoms with van der Waals surface area (Å²) in [5, 5.41) is 21.4. The van der Waals surface area contributed by atoms with E-state index < -0.39 is 19.9 Å². The number of hydrogen-bond acceptors (Lipinski definition) is 10. The van der Waals surface area contributed by atoms with Crippen molar-refractivity contribution in [3.63, 3.8) is 0 Å². The van der Waals surface area contributed by atoms with Crippen LogP contribution >= 0.6 is 30.1 Å². The Bertz CT molecular complexity index is 3080. The van der Waals surface area contributed by atoms with Gasteiger partial charge in [0.15, 0.2) is 5.82 Å². The number of carbonyl (C=O) groups excluding carboxylic acids is 2. The first-order chi connectivity index (χ1) is 34.8. The molecule has 73 heavy (non-hydrogen) atoms. The molecule has 2 saturated heterocycles. The highest BCUT2D eigenvalue weighted by molar-refractivity contribution is 7.70. The quantitative estimate of drug-likeness (QED) is 0.0813. The van der Waals surface area contributed by atoms with Crippen LogP contribution in [-0.2, 0) is 27.2 Å². The Labute approximate surface area is 434 Å². The summed E-state index contributed by atoms with van der Waals surface area (Å²) in [6, 6.07) is 22.3. The molecule has 9 rings (SSSR count). The highest BCUT2D eigenvalue weighted by atomic mass is 35.5. The van der Waals surface area contributed by atoms with Crippen LogP contribution in [0.3, 0.4) is 0 Å². The van der Waals surface area contributed by atoms with Crippen LogP contribution in [0.15, 0.2) is 77.8 Å². The fraction of sp³-hybridized carbons (Fsp3) is 0.426. The first-order valence-electron chi connectivity index (χ1n) is 24.7. The second-order valence-electron chi connectivity index (χ2n) is 19.4. The van der Waals surface area contributed by atoms with Gasteiger partial charge < -0.3 is 30.0 Å². The zero-order valence-corrected chi connectivity index (χ0v) is 44.7. The molecule has 0 spiro atoms. The summed E-state index contributed by atoms with van der Waals surface area (Å²) >= 11 is 7.80. The van der Waals surface area contributed by atoms with Gasteiger partial charge in [-0.2, -0.15) is 13.2 Å². The van der Waals surface area contributed by atoms with Gasteiger partial charge >= 0.3 is 6.18 Å². The number of fused-ring (bicyclic) bond motifs is 4. The average molecular weight is 1060 g/mol. The number of aromatic nitrogens is 4. The lowest BCUT2D eigenvalue weighted by Gasteiger charge is -2.36. The number of rotatable bonds is 12. The lowest BCUT2D eigenvalue weighted by atomic mass is 9.93. The predicted molar refractivity (Wildman–Crippen MR) is 289 cm³/mol. The summed E-state index contributed by atoms with van der Waals surface area (Å²) in [4.78, 5) is 34.4. The second kappa shape index (κ2) is 23.1. The van der Waals surface area contributed by atoms with Gasteiger partial charge in [0.05, 0.1) is 30.0 Å². The molecule has 3 N–H and O–H groups in total. The molecule has 6 heterocycles. The lowest BCUT2D eigenvalue weighted by Crippen LogP contribution is -2.47. The number of hydrogen-bond donors (Lipinski definition) is 3. The Kier molecular flexibility index (Phi) is 16.9. The molecular weight excluding hydrogens is 992 g/mol. The van der Waals surface area contributed by atoms with E-state index in [0.717, 1.165) is 108 Å². The number of carbonyl (C=O) groups is 2. The maximum absolute atomic E-state index is 13.7. The molecular formula is C54H63ClF3N10O3PS. The van der Waals surface area contributed by atoms with Crippen molar-refractivity contribution in [3.05, 3.63) is 117 Å². The highest BCUT2D eigenvalue weighted by Gasteiger charge is 2.31. The number of anilines is 2. The van der Waals surface area contributed by atoms with E-state index in [1.54, 1.807) is 55.0 Å². The Hall–Kier alpha value is -5.92. The SMILES string of the molecule is CC(=O)NCCC1CCN(C(=O)CN2CCC(Nc3cccc4c3cc(C#CCNc3ccc(P(C)(C)=O)cc3)n4CC(F)(F)F)CC2)CC1.Cc1sc2c(c1C)C(c1ccc(Cl)cc1)=NCc1nnc(C)n1-2. The number of nitrogens with zero attached hydrogens (tertiary/aromatic N) is 7. The van der Waals surface area contributed by atoms with Gasteiger partial charge in [-0.3, -0.25) is 24.0 Å². The molecule has 3 aliphatic rings. The minimum absolute atomic E-state index is 0.0136. The van der Waals surface area contributed by atoms with Gasteiger partial charge in [0, 0.05) is 88.8 Å². The maximum atomic E-state index is 13.7. The van der Waals surface area contributed by atoms with Crippen LogP contribution in [0, 0.1) is 38.5 Å². The molecule has 0 radical (unpaired) electrons. The van der Waals surface area contributed by atoms with Crippen molar-refractivity contribution in [2.75, 3.05) is 69.8 Å². The number of likely N-dealkylation sites (tertiary alicyclic amines) is 2. The largest absolute Gasteiger partial charge is 0.406 e. The predicted octanol–water partition coefficient (Wildman–Crippen LogP) is 9.81. The number of piperidine rings is 2. The van der Waals surface area contributed by atoms with Crippen LogP contribution in [-0.4, -0.2) is 118 Å². The summed E-state index contributed by atoms with van der Waals surface area (Å²) in [6.07, 6.45) is 0.0524. The van der Waals surface area contributed by atoms with E-state index in [9.17, 15) is 27.3 Å². The van der Waals surface area contributed by atoms with Crippen LogP contribution in [0.25, 0.3) is 15.9 Å². The van der Waals surface area contributed by atoms with Gasteiger partial charge in [-0.15, -0.1) is 21.5 Å². The molecule has 0 bridgehead atoms. The molecule has 0 unspecified atom stereocenters. The normalized spacial score (nSPS) is 15.5. The van der Waals surface area contributed by atoms with E-state index in [2.05, 4.69) is 61.3 Å². The zero-order chi connectivity index (χ0) is 52.0. The fourth-order valence-electron chi connectivity index (χ4n) is 9.64. The first kappa shape index (κ1) is 53.4. The van der Waals surface area contributed by atoms with Crippen LogP contribution < -0.4 is 21.3 Å².